The summed E-state index contributed by atoms with van der Waals surface area (Å²) in [5.41, 5.74) is 0.157. The SMILES string of the molecule is CS(=O)(=O)N1CCN(C(=O)c2ccn(CC(=O)O)n2)CC1. The minimum Gasteiger partial charge on any atom is -0.480 e. The number of amides is 1. The van der Waals surface area contributed by atoms with E-state index in [1.165, 1.54) is 26.2 Å². The molecule has 0 saturated carbocycles. The van der Waals surface area contributed by atoms with E-state index in [1.54, 1.807) is 0 Å². The van der Waals surface area contributed by atoms with Crippen LogP contribution in [-0.2, 0) is 21.4 Å². The van der Waals surface area contributed by atoms with E-state index in [4.69, 9.17) is 5.11 Å². The lowest BCUT2D eigenvalue weighted by Crippen LogP contribution is -2.50. The van der Waals surface area contributed by atoms with Crippen LogP contribution >= 0.6 is 0 Å². The zero-order valence-corrected chi connectivity index (χ0v) is 12.3. The smallest absolute Gasteiger partial charge is 0.325 e. The van der Waals surface area contributed by atoms with E-state index in [9.17, 15) is 18.0 Å². The predicted octanol–water partition coefficient (Wildman–Crippen LogP) is -1.31. The molecule has 10 heteroatoms. The van der Waals surface area contributed by atoms with Crippen molar-refractivity contribution >= 4 is 21.9 Å². The van der Waals surface area contributed by atoms with Gasteiger partial charge in [0.25, 0.3) is 5.91 Å². The van der Waals surface area contributed by atoms with Gasteiger partial charge in [-0.1, -0.05) is 0 Å². The maximum absolute atomic E-state index is 12.2. The summed E-state index contributed by atoms with van der Waals surface area (Å²) < 4.78 is 25.3. The molecule has 9 nitrogen and oxygen atoms in total. The molecule has 0 aromatic carbocycles. The molecule has 1 saturated heterocycles. The fraction of sp³-hybridized carbons (Fsp3) is 0.545. The zero-order valence-electron chi connectivity index (χ0n) is 11.5. The summed E-state index contributed by atoms with van der Waals surface area (Å²) in [6.45, 7) is 0.769. The van der Waals surface area contributed by atoms with Crippen LogP contribution in [0.25, 0.3) is 0 Å². The number of aliphatic carboxylic acids is 1. The molecule has 0 unspecified atom stereocenters. The third kappa shape index (κ3) is 3.79. The molecular formula is C11H16N4O5S. The molecule has 1 aromatic rings. The normalized spacial score (nSPS) is 16.9. The summed E-state index contributed by atoms with van der Waals surface area (Å²) in [5.74, 6) is -1.37. The molecule has 1 aliphatic rings. The van der Waals surface area contributed by atoms with Crippen molar-refractivity contribution in [2.45, 2.75) is 6.54 Å². The maximum atomic E-state index is 12.2. The van der Waals surface area contributed by atoms with E-state index >= 15 is 0 Å². The Balaban J connectivity index is 1.99. The molecule has 1 amide bonds. The van der Waals surface area contributed by atoms with Gasteiger partial charge in [-0.2, -0.15) is 9.40 Å². The molecule has 1 fully saturated rings. The maximum Gasteiger partial charge on any atom is 0.325 e. The fourth-order valence-electron chi connectivity index (χ4n) is 2.09. The zero-order chi connectivity index (χ0) is 15.6. The molecule has 1 aliphatic heterocycles. The Morgan fingerprint density at radius 1 is 1.29 bits per heavy atom. The average Bonchev–Trinajstić information content (AvgIpc) is 2.84. The van der Waals surface area contributed by atoms with Crippen molar-refractivity contribution in [1.29, 1.82) is 0 Å². The third-order valence-corrected chi connectivity index (χ3v) is 4.46. The van der Waals surface area contributed by atoms with Crippen LogP contribution in [0.4, 0.5) is 0 Å². The molecule has 0 bridgehead atoms. The summed E-state index contributed by atoms with van der Waals surface area (Å²) in [7, 11) is -3.24. The predicted molar refractivity (Wildman–Crippen MR) is 72.2 cm³/mol. The fourth-order valence-corrected chi connectivity index (χ4v) is 2.91. The van der Waals surface area contributed by atoms with Crippen LogP contribution in [0.1, 0.15) is 10.5 Å². The lowest BCUT2D eigenvalue weighted by molar-refractivity contribution is -0.137. The van der Waals surface area contributed by atoms with Crippen molar-refractivity contribution in [2.75, 3.05) is 32.4 Å². The molecule has 1 aromatic heterocycles. The molecule has 1 N–H and O–H groups in total. The first kappa shape index (κ1) is 15.4. The Morgan fingerprint density at radius 3 is 2.43 bits per heavy atom. The monoisotopic (exact) mass is 316 g/mol. The van der Waals surface area contributed by atoms with Crippen LogP contribution in [-0.4, -0.2) is 76.8 Å². The van der Waals surface area contributed by atoms with E-state index in [2.05, 4.69) is 5.10 Å². The van der Waals surface area contributed by atoms with Crippen molar-refractivity contribution in [3.05, 3.63) is 18.0 Å². The van der Waals surface area contributed by atoms with Gasteiger partial charge >= 0.3 is 5.97 Å². The van der Waals surface area contributed by atoms with Crippen LogP contribution in [0, 0.1) is 0 Å². The summed E-state index contributed by atoms with van der Waals surface area (Å²) >= 11 is 0. The highest BCUT2D eigenvalue weighted by Gasteiger charge is 2.27. The number of rotatable bonds is 4. The van der Waals surface area contributed by atoms with E-state index in [-0.39, 0.29) is 44.3 Å². The van der Waals surface area contributed by atoms with Crippen LogP contribution in [0.5, 0.6) is 0 Å². The standard InChI is InChI=1S/C11H16N4O5S/c1-21(19,20)15-6-4-13(5-7-15)11(18)9-2-3-14(12-9)8-10(16)17/h2-3H,4-8H2,1H3,(H,16,17). The number of piperazine rings is 1. The van der Waals surface area contributed by atoms with Gasteiger partial charge in [0.1, 0.15) is 12.2 Å². The van der Waals surface area contributed by atoms with Gasteiger partial charge in [0.05, 0.1) is 6.26 Å². The van der Waals surface area contributed by atoms with E-state index < -0.39 is 16.0 Å². The highest BCUT2D eigenvalue weighted by atomic mass is 32.2. The number of carboxylic acids is 1. The van der Waals surface area contributed by atoms with E-state index in [0.29, 0.717) is 0 Å². The summed E-state index contributed by atoms with van der Waals surface area (Å²) in [5, 5.41) is 12.6. The van der Waals surface area contributed by atoms with Crippen LogP contribution < -0.4 is 0 Å². The number of nitrogens with zero attached hydrogens (tertiary/aromatic N) is 4. The lowest BCUT2D eigenvalue weighted by Gasteiger charge is -2.32. The van der Waals surface area contributed by atoms with Crippen LogP contribution in [0.3, 0.4) is 0 Å². The molecule has 0 radical (unpaired) electrons. The van der Waals surface area contributed by atoms with Crippen molar-refractivity contribution < 1.29 is 23.1 Å². The molecule has 116 valence electrons. The number of aromatic nitrogens is 2. The average molecular weight is 316 g/mol. The summed E-state index contributed by atoms with van der Waals surface area (Å²) in [6.07, 6.45) is 2.56. The molecule has 0 atom stereocenters. The highest BCUT2D eigenvalue weighted by Crippen LogP contribution is 2.09. The first-order valence-electron chi connectivity index (χ1n) is 6.27. The quantitative estimate of drug-likeness (QED) is 0.737. The number of carbonyl (C=O) groups excluding carboxylic acids is 1. The van der Waals surface area contributed by atoms with Gasteiger partial charge in [-0.15, -0.1) is 0 Å². The molecule has 2 rings (SSSR count). The van der Waals surface area contributed by atoms with Crippen molar-refractivity contribution in [3.63, 3.8) is 0 Å². The van der Waals surface area contributed by atoms with Gasteiger partial charge in [-0.25, -0.2) is 8.42 Å². The largest absolute Gasteiger partial charge is 0.480 e. The Bertz CT molecular complexity index is 645. The second-order valence-electron chi connectivity index (χ2n) is 4.75. The Morgan fingerprint density at radius 2 is 1.90 bits per heavy atom. The number of carboxylic acid groups (broad SMARTS) is 1. The van der Waals surface area contributed by atoms with Gasteiger partial charge < -0.3 is 10.0 Å². The Labute approximate surface area is 121 Å². The molecule has 0 spiro atoms. The molecule has 0 aliphatic carbocycles. The Kier molecular flexibility index (Phi) is 4.28. The Hall–Kier alpha value is -1.94. The van der Waals surface area contributed by atoms with Crippen molar-refractivity contribution in [1.82, 2.24) is 19.0 Å². The van der Waals surface area contributed by atoms with Gasteiger partial charge in [-0.3, -0.25) is 14.3 Å². The number of carbonyl (C=O) groups is 2. The molecule has 21 heavy (non-hydrogen) atoms. The summed E-state index contributed by atoms with van der Waals surface area (Å²) in [6, 6.07) is 1.45. The van der Waals surface area contributed by atoms with Crippen molar-refractivity contribution in [2.24, 2.45) is 0 Å². The summed E-state index contributed by atoms with van der Waals surface area (Å²) in [4.78, 5) is 24.3. The minimum absolute atomic E-state index is 0.157. The van der Waals surface area contributed by atoms with Gasteiger partial charge in [0, 0.05) is 32.4 Å². The topological polar surface area (TPSA) is 113 Å². The molecule has 2 heterocycles. The first-order chi connectivity index (χ1) is 9.77. The van der Waals surface area contributed by atoms with Gasteiger partial charge in [-0.05, 0) is 6.07 Å². The first-order valence-corrected chi connectivity index (χ1v) is 8.12. The minimum atomic E-state index is -3.24. The second-order valence-corrected chi connectivity index (χ2v) is 6.73. The highest BCUT2D eigenvalue weighted by molar-refractivity contribution is 7.88. The lowest BCUT2D eigenvalue weighted by atomic mass is 10.3. The molecular weight excluding hydrogens is 300 g/mol. The second kappa shape index (κ2) is 5.82. The van der Waals surface area contributed by atoms with Crippen LogP contribution in [0.15, 0.2) is 12.3 Å². The van der Waals surface area contributed by atoms with Crippen molar-refractivity contribution in [3.8, 4) is 0 Å². The number of hydrogen-bond donors (Lipinski definition) is 1. The number of sulfonamides is 1. The van der Waals surface area contributed by atoms with Gasteiger partial charge in [0.2, 0.25) is 10.0 Å². The van der Waals surface area contributed by atoms with Gasteiger partial charge in [0.15, 0.2) is 0 Å². The number of hydrogen-bond acceptors (Lipinski definition) is 5. The third-order valence-electron chi connectivity index (χ3n) is 3.15. The van der Waals surface area contributed by atoms with Crippen LogP contribution in [0.2, 0.25) is 0 Å². The van der Waals surface area contributed by atoms with E-state index in [0.717, 1.165) is 6.26 Å². The van der Waals surface area contributed by atoms with E-state index in [1.807, 2.05) is 0 Å².